The Morgan fingerprint density at radius 3 is 3.05 bits per heavy atom. The van der Waals surface area contributed by atoms with Gasteiger partial charge in [0.1, 0.15) is 10.6 Å². The van der Waals surface area contributed by atoms with Gasteiger partial charge in [0.15, 0.2) is 18.2 Å². The molecule has 1 aromatic heterocycles. The number of ether oxygens (including phenoxy) is 2. The summed E-state index contributed by atoms with van der Waals surface area (Å²) in [7, 11) is 0. The third kappa shape index (κ3) is 2.92. The van der Waals surface area contributed by atoms with Gasteiger partial charge < -0.3 is 9.47 Å². The van der Waals surface area contributed by atoms with Gasteiger partial charge in [0.05, 0.1) is 6.61 Å². The molecule has 1 amide bonds. The second-order valence-corrected chi connectivity index (χ2v) is 5.16. The summed E-state index contributed by atoms with van der Waals surface area (Å²) in [6, 6.07) is 2.68. The van der Waals surface area contributed by atoms with Crippen molar-refractivity contribution in [2.24, 2.45) is 0 Å². The van der Waals surface area contributed by atoms with E-state index in [9.17, 15) is 9.59 Å². The average Bonchev–Trinajstić information content (AvgIpc) is 2.43. The maximum absolute atomic E-state index is 12.0. The molecule has 2 heterocycles. The van der Waals surface area contributed by atoms with Crippen molar-refractivity contribution in [3.8, 4) is 5.75 Å². The molecule has 0 bridgehead atoms. The van der Waals surface area contributed by atoms with Gasteiger partial charge in [0.2, 0.25) is 0 Å². The SMILES string of the molecule is CCCOC(=O)C(C)N1C(=O)COc2ccc(Br)nc21. The van der Waals surface area contributed by atoms with Crippen LogP contribution in [0.25, 0.3) is 0 Å². The molecule has 0 aliphatic carbocycles. The third-order valence-corrected chi connectivity index (χ3v) is 3.27. The van der Waals surface area contributed by atoms with Crippen LogP contribution in [0, 0.1) is 0 Å². The number of hydrogen-bond acceptors (Lipinski definition) is 5. The molecule has 2 rings (SSSR count). The fourth-order valence-corrected chi connectivity index (χ4v) is 2.15. The van der Waals surface area contributed by atoms with Crippen molar-refractivity contribution in [1.82, 2.24) is 4.98 Å². The topological polar surface area (TPSA) is 68.7 Å². The highest BCUT2D eigenvalue weighted by Gasteiger charge is 2.35. The van der Waals surface area contributed by atoms with Gasteiger partial charge in [-0.3, -0.25) is 9.69 Å². The van der Waals surface area contributed by atoms with E-state index < -0.39 is 12.0 Å². The Morgan fingerprint density at radius 1 is 1.60 bits per heavy atom. The highest BCUT2D eigenvalue weighted by Crippen LogP contribution is 2.32. The average molecular weight is 343 g/mol. The maximum Gasteiger partial charge on any atom is 0.329 e. The number of carbonyl (C=O) groups is 2. The summed E-state index contributed by atoms with van der Waals surface area (Å²) in [6.45, 7) is 3.75. The van der Waals surface area contributed by atoms with E-state index >= 15 is 0 Å². The smallest absolute Gasteiger partial charge is 0.329 e. The first-order chi connectivity index (χ1) is 9.54. The van der Waals surface area contributed by atoms with Crippen LogP contribution in [-0.4, -0.2) is 36.1 Å². The number of esters is 1. The second-order valence-electron chi connectivity index (χ2n) is 4.35. The maximum atomic E-state index is 12.0. The highest BCUT2D eigenvalue weighted by atomic mass is 79.9. The van der Waals surface area contributed by atoms with Gasteiger partial charge in [-0.15, -0.1) is 0 Å². The minimum Gasteiger partial charge on any atom is -0.480 e. The van der Waals surface area contributed by atoms with Gasteiger partial charge in [-0.1, -0.05) is 6.92 Å². The van der Waals surface area contributed by atoms with Crippen LogP contribution in [0.4, 0.5) is 5.82 Å². The molecule has 0 saturated carbocycles. The molecular weight excluding hydrogens is 328 g/mol. The Labute approximate surface area is 125 Å². The van der Waals surface area contributed by atoms with Crippen molar-refractivity contribution in [1.29, 1.82) is 0 Å². The zero-order chi connectivity index (χ0) is 14.7. The van der Waals surface area contributed by atoms with Crippen molar-refractivity contribution < 1.29 is 19.1 Å². The Balaban J connectivity index is 2.28. The van der Waals surface area contributed by atoms with Crippen LogP contribution < -0.4 is 9.64 Å². The van der Waals surface area contributed by atoms with E-state index in [0.717, 1.165) is 6.42 Å². The number of amides is 1. The number of carbonyl (C=O) groups excluding carboxylic acids is 2. The van der Waals surface area contributed by atoms with Gasteiger partial charge in [0.25, 0.3) is 5.91 Å². The molecule has 0 fully saturated rings. The number of nitrogens with zero attached hydrogens (tertiary/aromatic N) is 2. The molecular formula is C13H15BrN2O4. The molecule has 0 spiro atoms. The summed E-state index contributed by atoms with van der Waals surface area (Å²) >= 11 is 3.25. The number of aromatic nitrogens is 1. The minimum atomic E-state index is -0.738. The fourth-order valence-electron chi connectivity index (χ4n) is 1.85. The lowest BCUT2D eigenvalue weighted by molar-refractivity contribution is -0.146. The van der Waals surface area contributed by atoms with Crippen LogP contribution in [0.15, 0.2) is 16.7 Å². The van der Waals surface area contributed by atoms with Crippen molar-refractivity contribution in [2.45, 2.75) is 26.3 Å². The lowest BCUT2D eigenvalue weighted by Gasteiger charge is -2.31. The largest absolute Gasteiger partial charge is 0.480 e. The van der Waals surface area contributed by atoms with Crippen LogP contribution in [-0.2, 0) is 14.3 Å². The van der Waals surface area contributed by atoms with E-state index in [-0.39, 0.29) is 12.5 Å². The van der Waals surface area contributed by atoms with E-state index in [0.29, 0.717) is 22.8 Å². The summed E-state index contributed by atoms with van der Waals surface area (Å²) in [5, 5.41) is 0. The Bertz CT molecular complexity index is 535. The lowest BCUT2D eigenvalue weighted by atomic mass is 10.2. The molecule has 1 aliphatic rings. The van der Waals surface area contributed by atoms with Crippen LogP contribution in [0.2, 0.25) is 0 Å². The zero-order valence-corrected chi connectivity index (χ0v) is 12.8. The predicted octanol–water partition coefficient (Wildman–Crippen LogP) is 1.91. The molecule has 0 radical (unpaired) electrons. The quantitative estimate of drug-likeness (QED) is 0.617. The summed E-state index contributed by atoms with van der Waals surface area (Å²) in [5.41, 5.74) is 0. The number of anilines is 1. The molecule has 7 heteroatoms. The fraction of sp³-hybridized carbons (Fsp3) is 0.462. The number of pyridine rings is 1. The van der Waals surface area contributed by atoms with Gasteiger partial charge in [-0.2, -0.15) is 0 Å². The Kier molecular flexibility index (Phi) is 4.59. The van der Waals surface area contributed by atoms with E-state index in [1.807, 2.05) is 6.92 Å². The van der Waals surface area contributed by atoms with Crippen LogP contribution in [0.3, 0.4) is 0 Å². The third-order valence-electron chi connectivity index (χ3n) is 2.83. The minimum absolute atomic E-state index is 0.109. The first kappa shape index (κ1) is 14.8. The standard InChI is InChI=1S/C13H15BrN2O4/c1-3-6-19-13(18)8(2)16-11(17)7-20-9-4-5-10(14)15-12(9)16/h4-5,8H,3,6-7H2,1-2H3. The first-order valence-corrected chi connectivity index (χ1v) is 7.12. The highest BCUT2D eigenvalue weighted by molar-refractivity contribution is 9.10. The van der Waals surface area contributed by atoms with Gasteiger partial charge in [-0.05, 0) is 41.4 Å². The summed E-state index contributed by atoms with van der Waals surface area (Å²) in [6.07, 6.45) is 0.732. The molecule has 1 aliphatic heterocycles. The van der Waals surface area contributed by atoms with E-state index in [4.69, 9.17) is 9.47 Å². The zero-order valence-electron chi connectivity index (χ0n) is 11.3. The predicted molar refractivity (Wildman–Crippen MR) is 75.6 cm³/mol. The van der Waals surface area contributed by atoms with Gasteiger partial charge in [-0.25, -0.2) is 9.78 Å². The van der Waals surface area contributed by atoms with Gasteiger partial charge in [0, 0.05) is 0 Å². The monoisotopic (exact) mass is 342 g/mol. The molecule has 20 heavy (non-hydrogen) atoms. The summed E-state index contributed by atoms with van der Waals surface area (Å²) in [5.74, 6) is 0.0402. The van der Waals surface area contributed by atoms with Crippen molar-refractivity contribution in [2.75, 3.05) is 18.1 Å². The molecule has 0 saturated heterocycles. The summed E-state index contributed by atoms with van der Waals surface area (Å²) < 4.78 is 11.0. The normalized spacial score (nSPS) is 15.3. The number of fused-ring (bicyclic) bond motifs is 1. The van der Waals surface area contributed by atoms with Crippen molar-refractivity contribution in [3.05, 3.63) is 16.7 Å². The molecule has 1 atom stereocenters. The Hall–Kier alpha value is -1.63. The number of hydrogen-bond donors (Lipinski definition) is 0. The number of halogens is 1. The molecule has 0 N–H and O–H groups in total. The van der Waals surface area contributed by atoms with Gasteiger partial charge >= 0.3 is 5.97 Å². The molecule has 1 unspecified atom stereocenters. The first-order valence-electron chi connectivity index (χ1n) is 6.32. The van der Waals surface area contributed by atoms with Crippen molar-refractivity contribution >= 4 is 33.6 Å². The molecule has 1 aromatic rings. The van der Waals surface area contributed by atoms with E-state index in [1.165, 1.54) is 4.90 Å². The van der Waals surface area contributed by atoms with Crippen LogP contribution in [0.5, 0.6) is 5.75 Å². The lowest BCUT2D eigenvalue weighted by Crippen LogP contribution is -2.49. The van der Waals surface area contributed by atoms with Crippen LogP contribution in [0.1, 0.15) is 20.3 Å². The number of rotatable bonds is 4. The van der Waals surface area contributed by atoms with E-state index in [2.05, 4.69) is 20.9 Å². The Morgan fingerprint density at radius 2 is 2.35 bits per heavy atom. The molecule has 6 nitrogen and oxygen atoms in total. The van der Waals surface area contributed by atoms with Crippen LogP contribution >= 0.6 is 15.9 Å². The molecule has 0 aromatic carbocycles. The second kappa shape index (κ2) is 6.21. The molecule has 108 valence electrons. The van der Waals surface area contributed by atoms with Crippen molar-refractivity contribution in [3.63, 3.8) is 0 Å². The summed E-state index contributed by atoms with van der Waals surface area (Å²) in [4.78, 5) is 29.5. The van der Waals surface area contributed by atoms with E-state index in [1.54, 1.807) is 19.1 Å².